The summed E-state index contributed by atoms with van der Waals surface area (Å²) in [6.45, 7) is 7.14. The number of amides is 2. The summed E-state index contributed by atoms with van der Waals surface area (Å²) in [6.07, 6.45) is 0. The fourth-order valence-corrected chi connectivity index (χ4v) is 3.08. The molecule has 27 heavy (non-hydrogen) atoms. The highest BCUT2D eigenvalue weighted by Gasteiger charge is 2.18. The molecule has 1 fully saturated rings. The zero-order valence-corrected chi connectivity index (χ0v) is 16.3. The molecule has 1 saturated heterocycles. The van der Waals surface area contributed by atoms with E-state index in [1.165, 1.54) is 0 Å². The van der Waals surface area contributed by atoms with Crippen molar-refractivity contribution in [2.24, 2.45) is 0 Å². The number of hydrogen-bond acceptors (Lipinski definition) is 4. The first kappa shape index (κ1) is 19.6. The SMILES string of the molecule is Cc1cccc(CN(CCN2CCOCC2)C(=O)Nc2ccc(Cl)cc2)n1. The first-order chi connectivity index (χ1) is 13.1. The highest BCUT2D eigenvalue weighted by molar-refractivity contribution is 6.30. The fraction of sp³-hybridized carbons (Fsp3) is 0.400. The van der Waals surface area contributed by atoms with E-state index in [4.69, 9.17) is 16.3 Å². The summed E-state index contributed by atoms with van der Waals surface area (Å²) in [4.78, 5) is 21.5. The van der Waals surface area contributed by atoms with Gasteiger partial charge in [-0.25, -0.2) is 4.79 Å². The van der Waals surface area contributed by atoms with Gasteiger partial charge >= 0.3 is 6.03 Å². The van der Waals surface area contributed by atoms with Crippen LogP contribution in [0.15, 0.2) is 42.5 Å². The zero-order valence-electron chi connectivity index (χ0n) is 15.5. The molecule has 1 aliphatic heterocycles. The van der Waals surface area contributed by atoms with Crippen LogP contribution in [0.5, 0.6) is 0 Å². The third-order valence-electron chi connectivity index (χ3n) is 4.47. The number of benzene rings is 1. The van der Waals surface area contributed by atoms with Gasteiger partial charge in [0.1, 0.15) is 0 Å². The molecule has 0 aliphatic carbocycles. The van der Waals surface area contributed by atoms with Gasteiger partial charge in [0.2, 0.25) is 0 Å². The lowest BCUT2D eigenvalue weighted by Crippen LogP contribution is -2.44. The van der Waals surface area contributed by atoms with Gasteiger partial charge < -0.3 is 15.0 Å². The van der Waals surface area contributed by atoms with Gasteiger partial charge in [0.15, 0.2) is 0 Å². The van der Waals surface area contributed by atoms with E-state index < -0.39 is 0 Å². The number of nitrogens with zero attached hydrogens (tertiary/aromatic N) is 3. The van der Waals surface area contributed by atoms with Crippen molar-refractivity contribution >= 4 is 23.3 Å². The molecule has 0 radical (unpaired) electrons. The molecule has 1 aromatic heterocycles. The number of pyridine rings is 1. The molecule has 6 nitrogen and oxygen atoms in total. The summed E-state index contributed by atoms with van der Waals surface area (Å²) >= 11 is 5.92. The minimum Gasteiger partial charge on any atom is -0.379 e. The van der Waals surface area contributed by atoms with Gasteiger partial charge in [-0.15, -0.1) is 0 Å². The van der Waals surface area contributed by atoms with Crippen molar-refractivity contribution in [1.82, 2.24) is 14.8 Å². The highest BCUT2D eigenvalue weighted by Crippen LogP contribution is 2.15. The largest absolute Gasteiger partial charge is 0.379 e. The predicted octanol–water partition coefficient (Wildman–Crippen LogP) is 3.41. The quantitative estimate of drug-likeness (QED) is 0.823. The van der Waals surface area contributed by atoms with Crippen LogP contribution in [0.3, 0.4) is 0 Å². The number of aryl methyl sites for hydroxylation is 1. The molecule has 0 atom stereocenters. The summed E-state index contributed by atoms with van der Waals surface area (Å²) in [5.41, 5.74) is 2.54. The van der Waals surface area contributed by atoms with Crippen LogP contribution in [0.2, 0.25) is 5.02 Å². The molecule has 7 heteroatoms. The zero-order chi connectivity index (χ0) is 19.1. The number of rotatable bonds is 6. The number of ether oxygens (including phenoxy) is 1. The Morgan fingerprint density at radius 1 is 1.22 bits per heavy atom. The van der Waals surface area contributed by atoms with Gasteiger partial charge in [-0.1, -0.05) is 17.7 Å². The van der Waals surface area contributed by atoms with Gasteiger partial charge in [-0.05, 0) is 43.3 Å². The van der Waals surface area contributed by atoms with Crippen LogP contribution in [0.25, 0.3) is 0 Å². The van der Waals surface area contributed by atoms with E-state index >= 15 is 0 Å². The Hall–Kier alpha value is -2.15. The van der Waals surface area contributed by atoms with E-state index in [-0.39, 0.29) is 6.03 Å². The summed E-state index contributed by atoms with van der Waals surface area (Å²) in [5, 5.41) is 3.59. The summed E-state index contributed by atoms with van der Waals surface area (Å²) < 4.78 is 5.40. The predicted molar refractivity (Wildman–Crippen MR) is 107 cm³/mol. The molecule has 0 saturated carbocycles. The minimum atomic E-state index is -0.145. The number of carbonyl (C=O) groups excluding carboxylic acids is 1. The number of halogens is 1. The van der Waals surface area contributed by atoms with Gasteiger partial charge in [-0.3, -0.25) is 9.88 Å². The summed E-state index contributed by atoms with van der Waals surface area (Å²) in [7, 11) is 0. The second kappa shape index (κ2) is 9.69. The molecule has 2 heterocycles. The molecule has 1 N–H and O–H groups in total. The van der Waals surface area contributed by atoms with Crippen molar-refractivity contribution in [3.05, 3.63) is 58.9 Å². The van der Waals surface area contributed by atoms with Crippen LogP contribution in [0.1, 0.15) is 11.4 Å². The van der Waals surface area contributed by atoms with E-state index in [1.54, 1.807) is 29.2 Å². The van der Waals surface area contributed by atoms with Crippen LogP contribution in [0.4, 0.5) is 10.5 Å². The number of carbonyl (C=O) groups is 1. The number of anilines is 1. The molecule has 2 aromatic rings. The Kier molecular flexibility index (Phi) is 7.04. The van der Waals surface area contributed by atoms with Crippen molar-refractivity contribution in [3.63, 3.8) is 0 Å². The molecular formula is C20H25ClN4O2. The van der Waals surface area contributed by atoms with E-state index in [9.17, 15) is 4.79 Å². The third kappa shape index (κ3) is 6.20. The van der Waals surface area contributed by atoms with E-state index in [0.717, 1.165) is 49.9 Å². The summed E-state index contributed by atoms with van der Waals surface area (Å²) in [6, 6.07) is 12.8. The highest BCUT2D eigenvalue weighted by atomic mass is 35.5. The first-order valence-electron chi connectivity index (χ1n) is 9.14. The number of urea groups is 1. The topological polar surface area (TPSA) is 57.7 Å². The lowest BCUT2D eigenvalue weighted by atomic mass is 10.3. The van der Waals surface area contributed by atoms with Crippen molar-refractivity contribution in [1.29, 1.82) is 0 Å². The Bertz CT molecular complexity index is 748. The Morgan fingerprint density at radius 2 is 1.96 bits per heavy atom. The molecule has 1 aliphatic rings. The second-order valence-electron chi connectivity index (χ2n) is 6.58. The number of hydrogen-bond donors (Lipinski definition) is 1. The molecule has 1 aromatic carbocycles. The monoisotopic (exact) mass is 388 g/mol. The van der Waals surface area contributed by atoms with Gasteiger partial charge in [-0.2, -0.15) is 0 Å². The Morgan fingerprint density at radius 3 is 2.67 bits per heavy atom. The number of morpholine rings is 1. The third-order valence-corrected chi connectivity index (χ3v) is 4.72. The molecule has 0 unspecified atom stereocenters. The smallest absolute Gasteiger partial charge is 0.322 e. The second-order valence-corrected chi connectivity index (χ2v) is 7.02. The minimum absolute atomic E-state index is 0.145. The van der Waals surface area contributed by atoms with Crippen LogP contribution in [-0.2, 0) is 11.3 Å². The standard InChI is InChI=1S/C20H25ClN4O2/c1-16-3-2-4-19(22-16)15-25(10-9-24-11-13-27-14-12-24)20(26)23-18-7-5-17(21)6-8-18/h2-8H,9-15H2,1H3,(H,23,26). The van der Waals surface area contributed by atoms with Crippen molar-refractivity contribution in [2.75, 3.05) is 44.7 Å². The van der Waals surface area contributed by atoms with Crippen molar-refractivity contribution in [3.8, 4) is 0 Å². The Labute approximate surface area is 165 Å². The number of aromatic nitrogens is 1. The van der Waals surface area contributed by atoms with Gasteiger partial charge in [0.05, 0.1) is 25.5 Å². The molecule has 3 rings (SSSR count). The average Bonchev–Trinajstić information content (AvgIpc) is 2.68. The first-order valence-corrected chi connectivity index (χ1v) is 9.52. The van der Waals surface area contributed by atoms with Crippen molar-refractivity contribution in [2.45, 2.75) is 13.5 Å². The maximum Gasteiger partial charge on any atom is 0.322 e. The normalized spacial score (nSPS) is 14.7. The van der Waals surface area contributed by atoms with Crippen LogP contribution in [-0.4, -0.2) is 60.2 Å². The van der Waals surface area contributed by atoms with Gasteiger partial charge in [0.25, 0.3) is 0 Å². The molecule has 0 bridgehead atoms. The van der Waals surface area contributed by atoms with Crippen LogP contribution >= 0.6 is 11.6 Å². The average molecular weight is 389 g/mol. The molecule has 2 amide bonds. The lowest BCUT2D eigenvalue weighted by Gasteiger charge is -2.30. The molecular weight excluding hydrogens is 364 g/mol. The Balaban J connectivity index is 1.66. The van der Waals surface area contributed by atoms with E-state index in [1.807, 2.05) is 25.1 Å². The van der Waals surface area contributed by atoms with Crippen molar-refractivity contribution < 1.29 is 9.53 Å². The van der Waals surface area contributed by atoms with Crippen LogP contribution < -0.4 is 5.32 Å². The van der Waals surface area contributed by atoms with E-state index in [2.05, 4.69) is 15.2 Å². The lowest BCUT2D eigenvalue weighted by molar-refractivity contribution is 0.0349. The maximum absolute atomic E-state index is 12.9. The molecule has 0 spiro atoms. The fourth-order valence-electron chi connectivity index (χ4n) is 2.96. The molecule has 144 valence electrons. The van der Waals surface area contributed by atoms with E-state index in [0.29, 0.717) is 18.1 Å². The summed E-state index contributed by atoms with van der Waals surface area (Å²) in [5.74, 6) is 0. The van der Waals surface area contributed by atoms with Crippen LogP contribution in [0, 0.1) is 6.92 Å². The van der Waals surface area contributed by atoms with Gasteiger partial charge in [0, 0.05) is 42.6 Å². The number of nitrogens with one attached hydrogen (secondary N) is 1. The maximum atomic E-state index is 12.9.